The lowest BCUT2D eigenvalue weighted by Gasteiger charge is -2.05. The molecule has 0 aromatic heterocycles. The fourth-order valence-corrected chi connectivity index (χ4v) is 1.38. The van der Waals surface area contributed by atoms with E-state index < -0.39 is 0 Å². The molecule has 0 aliphatic heterocycles. The second-order valence-electron chi connectivity index (χ2n) is 3.08. The van der Waals surface area contributed by atoms with Crippen LogP contribution < -0.4 is 0 Å². The Morgan fingerprint density at radius 2 is 1.79 bits per heavy atom. The molecular formula is C12H16O2. The topological polar surface area (TPSA) is 40.5 Å². The highest BCUT2D eigenvalue weighted by atomic mass is 16.3. The molecule has 0 aliphatic carbocycles. The number of hydrogen-bond acceptors (Lipinski definition) is 2. The lowest BCUT2D eigenvalue weighted by atomic mass is 10.0. The molecule has 0 saturated carbocycles. The molecule has 0 amide bonds. The lowest BCUT2D eigenvalue weighted by Crippen LogP contribution is -1.90. The van der Waals surface area contributed by atoms with Crippen molar-refractivity contribution in [2.45, 2.75) is 12.8 Å². The Bertz CT molecular complexity index is 278. The normalized spacial score (nSPS) is 11.7. The van der Waals surface area contributed by atoms with Crippen molar-refractivity contribution in [3.8, 4) is 0 Å². The van der Waals surface area contributed by atoms with Gasteiger partial charge in [-0.25, -0.2) is 0 Å². The third-order valence-electron chi connectivity index (χ3n) is 2.05. The van der Waals surface area contributed by atoms with Gasteiger partial charge in [0, 0.05) is 13.2 Å². The predicted octanol–water partition coefficient (Wildman–Crippen LogP) is 1.83. The van der Waals surface area contributed by atoms with E-state index in [1.807, 2.05) is 36.4 Å². The second-order valence-corrected chi connectivity index (χ2v) is 3.08. The third kappa shape index (κ3) is 3.32. The molecule has 2 N–H and O–H groups in total. The van der Waals surface area contributed by atoms with Crippen molar-refractivity contribution in [2.24, 2.45) is 0 Å². The first-order chi connectivity index (χ1) is 6.88. The van der Waals surface area contributed by atoms with Gasteiger partial charge in [-0.1, -0.05) is 36.4 Å². The van der Waals surface area contributed by atoms with Gasteiger partial charge in [0.05, 0.1) is 0 Å². The van der Waals surface area contributed by atoms with Crippen molar-refractivity contribution >= 4 is 5.57 Å². The van der Waals surface area contributed by atoms with Gasteiger partial charge in [0.2, 0.25) is 0 Å². The van der Waals surface area contributed by atoms with Crippen LogP contribution in [0.2, 0.25) is 0 Å². The minimum atomic E-state index is 0.145. The number of aliphatic hydroxyl groups excluding tert-OH is 2. The molecule has 0 aliphatic rings. The van der Waals surface area contributed by atoms with Crippen LogP contribution in [0.25, 0.3) is 5.57 Å². The average molecular weight is 192 g/mol. The summed E-state index contributed by atoms with van der Waals surface area (Å²) in [6, 6.07) is 9.93. The van der Waals surface area contributed by atoms with Gasteiger partial charge in [0.15, 0.2) is 0 Å². The van der Waals surface area contributed by atoms with E-state index >= 15 is 0 Å². The van der Waals surface area contributed by atoms with E-state index in [0.717, 1.165) is 11.1 Å². The van der Waals surface area contributed by atoms with Crippen LogP contribution in [0.4, 0.5) is 0 Å². The predicted molar refractivity (Wildman–Crippen MR) is 57.8 cm³/mol. The summed E-state index contributed by atoms with van der Waals surface area (Å²) in [6.07, 6.45) is 3.26. The molecule has 1 aromatic carbocycles. The van der Waals surface area contributed by atoms with E-state index in [9.17, 15) is 0 Å². The lowest BCUT2D eigenvalue weighted by molar-refractivity contribution is 0.300. The number of aliphatic hydroxyl groups is 2. The van der Waals surface area contributed by atoms with Crippen LogP contribution in [0.15, 0.2) is 36.4 Å². The maximum Gasteiger partial charge on any atom is 0.0471 e. The zero-order valence-corrected chi connectivity index (χ0v) is 8.19. The number of hydrogen-bond donors (Lipinski definition) is 2. The third-order valence-corrected chi connectivity index (χ3v) is 2.05. The summed E-state index contributed by atoms with van der Waals surface area (Å²) in [7, 11) is 0. The monoisotopic (exact) mass is 192 g/mol. The minimum Gasteiger partial charge on any atom is -0.396 e. The maximum atomic E-state index is 8.89. The van der Waals surface area contributed by atoms with Crippen LogP contribution in [-0.2, 0) is 0 Å². The van der Waals surface area contributed by atoms with Gasteiger partial charge in [-0.3, -0.25) is 0 Å². The summed E-state index contributed by atoms with van der Waals surface area (Å²) in [5, 5.41) is 17.6. The van der Waals surface area contributed by atoms with Crippen molar-refractivity contribution in [1.82, 2.24) is 0 Å². The summed E-state index contributed by atoms with van der Waals surface area (Å²) in [5.41, 5.74) is 2.22. The van der Waals surface area contributed by atoms with Gasteiger partial charge >= 0.3 is 0 Å². The Balaban J connectivity index is 2.77. The fourth-order valence-electron chi connectivity index (χ4n) is 1.38. The Hall–Kier alpha value is -1.12. The minimum absolute atomic E-state index is 0.145. The molecule has 76 valence electrons. The zero-order chi connectivity index (χ0) is 10.2. The van der Waals surface area contributed by atoms with E-state index in [1.54, 1.807) is 0 Å². The molecule has 0 saturated heterocycles. The van der Waals surface area contributed by atoms with Crippen LogP contribution in [0.3, 0.4) is 0 Å². The fraction of sp³-hybridized carbons (Fsp3) is 0.333. The van der Waals surface area contributed by atoms with E-state index in [0.29, 0.717) is 12.8 Å². The Labute approximate surface area is 84.5 Å². The molecule has 2 nitrogen and oxygen atoms in total. The quantitative estimate of drug-likeness (QED) is 0.747. The van der Waals surface area contributed by atoms with Crippen molar-refractivity contribution in [2.75, 3.05) is 13.2 Å². The van der Waals surface area contributed by atoms with Crippen molar-refractivity contribution < 1.29 is 10.2 Å². The van der Waals surface area contributed by atoms with Crippen LogP contribution >= 0.6 is 0 Å². The van der Waals surface area contributed by atoms with Crippen LogP contribution in [0.1, 0.15) is 18.4 Å². The zero-order valence-electron chi connectivity index (χ0n) is 8.19. The highest BCUT2D eigenvalue weighted by Crippen LogP contribution is 2.17. The highest BCUT2D eigenvalue weighted by molar-refractivity contribution is 5.65. The van der Waals surface area contributed by atoms with Gasteiger partial charge in [-0.2, -0.15) is 0 Å². The molecule has 0 heterocycles. The summed E-state index contributed by atoms with van der Waals surface area (Å²) >= 11 is 0. The molecule has 2 heteroatoms. The summed E-state index contributed by atoms with van der Waals surface area (Å²) < 4.78 is 0. The molecule has 0 fully saturated rings. The van der Waals surface area contributed by atoms with Crippen molar-refractivity contribution in [3.05, 3.63) is 42.0 Å². The molecule has 1 aromatic rings. The van der Waals surface area contributed by atoms with E-state index in [4.69, 9.17) is 10.2 Å². The Morgan fingerprint density at radius 1 is 1.07 bits per heavy atom. The highest BCUT2D eigenvalue weighted by Gasteiger charge is 1.98. The van der Waals surface area contributed by atoms with Crippen LogP contribution in [0, 0.1) is 0 Å². The summed E-state index contributed by atoms with van der Waals surface area (Å²) in [4.78, 5) is 0. The number of benzene rings is 1. The molecule has 0 atom stereocenters. The molecule has 1 rings (SSSR count). The first-order valence-corrected chi connectivity index (χ1v) is 4.84. The second kappa shape index (κ2) is 6.35. The van der Waals surface area contributed by atoms with E-state index in [2.05, 4.69) is 0 Å². The smallest absolute Gasteiger partial charge is 0.0471 e. The molecule has 0 spiro atoms. The largest absolute Gasteiger partial charge is 0.396 e. The van der Waals surface area contributed by atoms with Crippen molar-refractivity contribution in [3.63, 3.8) is 0 Å². The van der Waals surface area contributed by atoms with E-state index in [-0.39, 0.29) is 13.2 Å². The summed E-state index contributed by atoms with van der Waals surface area (Å²) in [5.74, 6) is 0. The standard InChI is InChI=1S/C12H16O2/c13-9-4-7-12(8-10-14)11-5-2-1-3-6-11/h1-3,5-7,13-14H,4,8-10H2. The average Bonchev–Trinajstić information content (AvgIpc) is 2.25. The van der Waals surface area contributed by atoms with Gasteiger partial charge in [0.1, 0.15) is 0 Å². The van der Waals surface area contributed by atoms with Gasteiger partial charge in [-0.05, 0) is 24.0 Å². The maximum absolute atomic E-state index is 8.89. The van der Waals surface area contributed by atoms with Gasteiger partial charge in [-0.15, -0.1) is 0 Å². The van der Waals surface area contributed by atoms with Gasteiger partial charge in [0.25, 0.3) is 0 Å². The van der Waals surface area contributed by atoms with Crippen LogP contribution in [0.5, 0.6) is 0 Å². The number of rotatable bonds is 5. The van der Waals surface area contributed by atoms with E-state index in [1.165, 1.54) is 0 Å². The molecule has 0 unspecified atom stereocenters. The summed E-state index contributed by atoms with van der Waals surface area (Å²) in [6.45, 7) is 0.300. The molecule has 0 radical (unpaired) electrons. The first kappa shape index (κ1) is 11.0. The van der Waals surface area contributed by atoms with Crippen molar-refractivity contribution in [1.29, 1.82) is 0 Å². The SMILES string of the molecule is OCCC=C(CCO)c1ccccc1. The first-order valence-electron chi connectivity index (χ1n) is 4.84. The van der Waals surface area contributed by atoms with Gasteiger partial charge < -0.3 is 10.2 Å². The van der Waals surface area contributed by atoms with Crippen LogP contribution in [-0.4, -0.2) is 23.4 Å². The molecular weight excluding hydrogens is 176 g/mol. The molecule has 14 heavy (non-hydrogen) atoms. The Kier molecular flexibility index (Phi) is 4.97. The Morgan fingerprint density at radius 3 is 2.36 bits per heavy atom. The molecule has 0 bridgehead atoms.